The number of aliphatic carboxylic acids is 1. The minimum atomic E-state index is -3.57. The van der Waals surface area contributed by atoms with Crippen molar-refractivity contribution in [3.8, 4) is 0 Å². The van der Waals surface area contributed by atoms with Crippen molar-refractivity contribution in [2.24, 2.45) is 0 Å². The Morgan fingerprint density at radius 2 is 2.16 bits per heavy atom. The van der Waals surface area contributed by atoms with Crippen molar-refractivity contribution in [3.05, 3.63) is 0 Å². The zero-order valence-corrected chi connectivity index (χ0v) is 13.0. The molecule has 8 heteroatoms. The number of carbonyl (C=O) groups is 1. The van der Waals surface area contributed by atoms with E-state index < -0.39 is 16.2 Å². The minimum Gasteiger partial charge on any atom is -0.481 e. The van der Waals surface area contributed by atoms with Gasteiger partial charge in [0.2, 0.25) is 0 Å². The highest BCUT2D eigenvalue weighted by atomic mass is 32.2. The van der Waals surface area contributed by atoms with Crippen molar-refractivity contribution >= 4 is 27.9 Å². The molecule has 2 unspecified atom stereocenters. The van der Waals surface area contributed by atoms with Crippen molar-refractivity contribution in [1.82, 2.24) is 9.03 Å². The Hall–Kier alpha value is -0.310. The Kier molecular flexibility index (Phi) is 6.58. The first-order valence-electron chi connectivity index (χ1n) is 6.42. The van der Waals surface area contributed by atoms with E-state index in [1.54, 1.807) is 0 Å². The number of carboxylic acid groups (broad SMARTS) is 1. The van der Waals surface area contributed by atoms with Crippen LogP contribution in [0.3, 0.4) is 0 Å². The highest BCUT2D eigenvalue weighted by Gasteiger charge is 2.29. The summed E-state index contributed by atoms with van der Waals surface area (Å²) in [5, 5.41) is 9.09. The Bertz CT molecular complexity index is 399. The SMILES string of the molecule is CCSC1CCC(NS(=O)(=O)N(C)CCC(=O)O)C1. The van der Waals surface area contributed by atoms with Crippen molar-refractivity contribution in [1.29, 1.82) is 0 Å². The molecule has 0 heterocycles. The maximum absolute atomic E-state index is 12.0. The lowest BCUT2D eigenvalue weighted by Crippen LogP contribution is -2.43. The van der Waals surface area contributed by atoms with Gasteiger partial charge in [0.25, 0.3) is 10.2 Å². The van der Waals surface area contributed by atoms with E-state index in [4.69, 9.17) is 5.11 Å². The van der Waals surface area contributed by atoms with E-state index in [9.17, 15) is 13.2 Å². The van der Waals surface area contributed by atoms with E-state index in [2.05, 4.69) is 11.6 Å². The van der Waals surface area contributed by atoms with Gasteiger partial charge in [-0.25, -0.2) is 0 Å². The summed E-state index contributed by atoms with van der Waals surface area (Å²) >= 11 is 1.87. The van der Waals surface area contributed by atoms with Crippen molar-refractivity contribution in [2.75, 3.05) is 19.3 Å². The molecule has 0 bridgehead atoms. The Labute approximate surface area is 119 Å². The predicted molar refractivity (Wildman–Crippen MR) is 76.5 cm³/mol. The largest absolute Gasteiger partial charge is 0.481 e. The molecule has 0 aromatic carbocycles. The van der Waals surface area contributed by atoms with E-state index >= 15 is 0 Å². The van der Waals surface area contributed by atoms with Crippen LogP contribution in [-0.2, 0) is 15.0 Å². The Morgan fingerprint density at radius 1 is 1.47 bits per heavy atom. The molecule has 0 aromatic rings. The first-order valence-corrected chi connectivity index (χ1v) is 8.91. The molecule has 1 aliphatic rings. The number of carboxylic acids is 1. The van der Waals surface area contributed by atoms with Gasteiger partial charge in [-0.1, -0.05) is 6.92 Å². The van der Waals surface area contributed by atoms with Crippen LogP contribution in [0.1, 0.15) is 32.6 Å². The fourth-order valence-electron chi connectivity index (χ4n) is 2.11. The molecule has 0 amide bonds. The summed E-state index contributed by atoms with van der Waals surface area (Å²) in [5.41, 5.74) is 0. The molecule has 0 saturated heterocycles. The van der Waals surface area contributed by atoms with Gasteiger partial charge >= 0.3 is 5.97 Å². The van der Waals surface area contributed by atoms with Gasteiger partial charge in [0.15, 0.2) is 0 Å². The summed E-state index contributed by atoms with van der Waals surface area (Å²) < 4.78 is 27.7. The molecule has 0 aromatic heterocycles. The maximum Gasteiger partial charge on any atom is 0.304 e. The molecular formula is C11H22N2O4S2. The summed E-state index contributed by atoms with van der Waals surface area (Å²) in [7, 11) is -2.17. The smallest absolute Gasteiger partial charge is 0.304 e. The molecule has 1 saturated carbocycles. The molecule has 6 nitrogen and oxygen atoms in total. The minimum absolute atomic E-state index is 0.00940. The van der Waals surface area contributed by atoms with Crippen LogP contribution in [0.2, 0.25) is 0 Å². The van der Waals surface area contributed by atoms with E-state index in [0.717, 1.165) is 29.3 Å². The summed E-state index contributed by atoms with van der Waals surface area (Å²) in [6, 6.07) is -0.0265. The normalized spacial score (nSPS) is 23.9. The van der Waals surface area contributed by atoms with Crippen LogP contribution in [0, 0.1) is 0 Å². The zero-order chi connectivity index (χ0) is 14.5. The molecule has 0 radical (unpaired) electrons. The number of hydrogen-bond donors (Lipinski definition) is 2. The number of nitrogens with zero attached hydrogens (tertiary/aromatic N) is 1. The number of nitrogens with one attached hydrogen (secondary N) is 1. The average molecular weight is 310 g/mol. The zero-order valence-electron chi connectivity index (χ0n) is 11.3. The second kappa shape index (κ2) is 7.47. The molecule has 1 rings (SSSR count). The van der Waals surface area contributed by atoms with Crippen molar-refractivity contribution < 1.29 is 18.3 Å². The van der Waals surface area contributed by atoms with Crippen LogP contribution in [0.15, 0.2) is 0 Å². The van der Waals surface area contributed by atoms with Crippen molar-refractivity contribution in [2.45, 2.75) is 43.9 Å². The molecular weight excluding hydrogens is 288 g/mol. The van der Waals surface area contributed by atoms with Crippen LogP contribution in [0.4, 0.5) is 0 Å². The molecule has 2 N–H and O–H groups in total. The van der Waals surface area contributed by atoms with Crippen LogP contribution in [0.5, 0.6) is 0 Å². The third-order valence-corrected chi connectivity index (χ3v) is 6.02. The molecule has 0 spiro atoms. The highest BCUT2D eigenvalue weighted by molar-refractivity contribution is 7.99. The van der Waals surface area contributed by atoms with Gasteiger partial charge in [-0.05, 0) is 25.0 Å². The second-order valence-corrected chi connectivity index (χ2v) is 8.06. The van der Waals surface area contributed by atoms with Crippen LogP contribution in [0.25, 0.3) is 0 Å². The highest BCUT2D eigenvalue weighted by Crippen LogP contribution is 2.30. The van der Waals surface area contributed by atoms with Gasteiger partial charge in [0.1, 0.15) is 0 Å². The Balaban J connectivity index is 2.44. The third kappa shape index (κ3) is 5.68. The number of hydrogen-bond acceptors (Lipinski definition) is 4. The van der Waals surface area contributed by atoms with Crippen molar-refractivity contribution in [3.63, 3.8) is 0 Å². The van der Waals surface area contributed by atoms with E-state index in [-0.39, 0.29) is 19.0 Å². The lowest BCUT2D eigenvalue weighted by molar-refractivity contribution is -0.137. The molecule has 19 heavy (non-hydrogen) atoms. The summed E-state index contributed by atoms with van der Waals surface area (Å²) in [5.74, 6) is 0.0465. The van der Waals surface area contributed by atoms with Gasteiger partial charge in [-0.2, -0.15) is 29.2 Å². The maximum atomic E-state index is 12.0. The van der Waals surface area contributed by atoms with Crippen LogP contribution in [-0.4, -0.2) is 54.4 Å². The Morgan fingerprint density at radius 3 is 2.74 bits per heavy atom. The topological polar surface area (TPSA) is 86.7 Å². The average Bonchev–Trinajstić information content (AvgIpc) is 2.73. The van der Waals surface area contributed by atoms with Gasteiger partial charge in [0.05, 0.1) is 6.42 Å². The molecule has 112 valence electrons. The first-order chi connectivity index (χ1) is 8.85. The van der Waals surface area contributed by atoms with Gasteiger partial charge in [-0.15, -0.1) is 0 Å². The molecule has 1 fully saturated rings. The van der Waals surface area contributed by atoms with Crippen LogP contribution < -0.4 is 4.72 Å². The van der Waals surface area contributed by atoms with E-state index in [1.807, 2.05) is 11.8 Å². The second-order valence-electron chi connectivity index (χ2n) is 4.68. The third-order valence-electron chi connectivity index (χ3n) is 3.15. The summed E-state index contributed by atoms with van der Waals surface area (Å²) in [4.78, 5) is 10.4. The number of rotatable bonds is 8. The van der Waals surface area contributed by atoms with Gasteiger partial charge in [-0.3, -0.25) is 4.79 Å². The monoisotopic (exact) mass is 310 g/mol. The summed E-state index contributed by atoms with van der Waals surface area (Å²) in [6.45, 7) is 2.09. The van der Waals surface area contributed by atoms with Gasteiger partial charge in [0, 0.05) is 24.9 Å². The molecule has 1 aliphatic carbocycles. The predicted octanol–water partition coefficient (Wildman–Crippen LogP) is 0.901. The lowest BCUT2D eigenvalue weighted by Gasteiger charge is -2.20. The fraction of sp³-hybridized carbons (Fsp3) is 0.909. The quantitative estimate of drug-likeness (QED) is 0.695. The first kappa shape index (κ1) is 16.7. The molecule has 2 atom stereocenters. The van der Waals surface area contributed by atoms with E-state index in [1.165, 1.54) is 7.05 Å². The van der Waals surface area contributed by atoms with Crippen LogP contribution >= 0.6 is 11.8 Å². The number of thioether (sulfide) groups is 1. The standard InChI is InChI=1S/C11H22N2O4S2/c1-3-18-10-5-4-9(8-10)12-19(16,17)13(2)7-6-11(14)15/h9-10,12H,3-8H2,1-2H3,(H,14,15). The summed E-state index contributed by atoms with van der Waals surface area (Å²) in [6.07, 6.45) is 2.55. The molecule has 0 aliphatic heterocycles. The van der Waals surface area contributed by atoms with Gasteiger partial charge < -0.3 is 5.11 Å². The van der Waals surface area contributed by atoms with E-state index in [0.29, 0.717) is 5.25 Å². The lowest BCUT2D eigenvalue weighted by atomic mass is 10.3. The fourth-order valence-corrected chi connectivity index (χ4v) is 4.40.